The number of fused-ring (bicyclic) bond motifs is 2. The van der Waals surface area contributed by atoms with Gasteiger partial charge in [-0.05, 0) is 66.9 Å². The van der Waals surface area contributed by atoms with E-state index in [2.05, 4.69) is 4.99 Å². The molecule has 0 fully saturated rings. The lowest BCUT2D eigenvalue weighted by Crippen LogP contribution is -2.35. The highest BCUT2D eigenvalue weighted by molar-refractivity contribution is 7.92. The fourth-order valence-corrected chi connectivity index (χ4v) is 6.88. The summed E-state index contributed by atoms with van der Waals surface area (Å²) >= 11 is 1.27. The molecule has 1 aliphatic rings. The first kappa shape index (κ1) is 24.0. The van der Waals surface area contributed by atoms with E-state index in [1.807, 2.05) is 24.3 Å². The van der Waals surface area contributed by atoms with Crippen LogP contribution in [0.3, 0.4) is 0 Å². The third kappa shape index (κ3) is 4.22. The van der Waals surface area contributed by atoms with E-state index in [0.717, 1.165) is 28.6 Å². The molecule has 0 N–H and O–H groups in total. The number of thiazole rings is 1. The number of carbonyl (C=O) groups excluding carboxylic acids is 2. The second kappa shape index (κ2) is 9.36. The molecule has 0 bridgehead atoms. The SMILES string of the molecule is COC(=O)c1ccc2c(c1)sc(=NC(=O)c1ccc(S(=O)(=O)N3CCCc4ccccc43)cc1)n2C. The van der Waals surface area contributed by atoms with Crippen molar-refractivity contribution in [2.75, 3.05) is 18.0 Å². The number of anilines is 1. The van der Waals surface area contributed by atoms with Crippen LogP contribution in [-0.2, 0) is 28.2 Å². The van der Waals surface area contributed by atoms with Gasteiger partial charge in [0.15, 0.2) is 4.80 Å². The molecule has 3 aromatic carbocycles. The number of ether oxygens (including phenoxy) is 1. The molecule has 4 aromatic rings. The summed E-state index contributed by atoms with van der Waals surface area (Å²) < 4.78 is 35.5. The molecule has 1 amide bonds. The fraction of sp³-hybridized carbons (Fsp3) is 0.192. The fourth-order valence-electron chi connectivity index (χ4n) is 4.28. The molecule has 1 aromatic heterocycles. The quantitative estimate of drug-likeness (QED) is 0.379. The highest BCUT2D eigenvalue weighted by Gasteiger charge is 2.29. The topological polar surface area (TPSA) is 98.0 Å². The maximum atomic E-state index is 13.3. The normalized spacial score (nSPS) is 14.1. The van der Waals surface area contributed by atoms with E-state index in [1.165, 1.54) is 47.0 Å². The van der Waals surface area contributed by atoms with E-state index >= 15 is 0 Å². The lowest BCUT2D eigenvalue weighted by molar-refractivity contribution is 0.0600. The smallest absolute Gasteiger partial charge is 0.337 e. The minimum Gasteiger partial charge on any atom is -0.465 e. The molecule has 36 heavy (non-hydrogen) atoms. The van der Waals surface area contributed by atoms with Crippen molar-refractivity contribution >= 4 is 49.1 Å². The van der Waals surface area contributed by atoms with Crippen LogP contribution < -0.4 is 9.11 Å². The number of methoxy groups -OCH3 is 1. The Kier molecular flexibility index (Phi) is 6.23. The molecule has 0 saturated heterocycles. The van der Waals surface area contributed by atoms with Crippen molar-refractivity contribution in [2.24, 2.45) is 12.0 Å². The summed E-state index contributed by atoms with van der Waals surface area (Å²) in [6.07, 6.45) is 1.59. The van der Waals surface area contributed by atoms with Crippen LogP contribution in [0.2, 0.25) is 0 Å². The van der Waals surface area contributed by atoms with Crippen LogP contribution in [0.5, 0.6) is 0 Å². The summed E-state index contributed by atoms with van der Waals surface area (Å²) in [5.74, 6) is -0.928. The minimum atomic E-state index is -3.76. The van der Waals surface area contributed by atoms with Gasteiger partial charge in [0, 0.05) is 19.2 Å². The van der Waals surface area contributed by atoms with Crippen molar-refractivity contribution in [1.82, 2.24) is 4.57 Å². The number of rotatable bonds is 4. The van der Waals surface area contributed by atoms with Gasteiger partial charge < -0.3 is 9.30 Å². The number of esters is 1. The molecule has 0 radical (unpaired) electrons. The summed E-state index contributed by atoms with van der Waals surface area (Å²) in [6.45, 7) is 0.412. The van der Waals surface area contributed by atoms with E-state index in [1.54, 1.807) is 29.8 Å². The third-order valence-corrected chi connectivity index (χ3v) is 9.11. The molecule has 8 nitrogen and oxygen atoms in total. The summed E-state index contributed by atoms with van der Waals surface area (Å²) in [6, 6.07) is 18.5. The number of hydrogen-bond donors (Lipinski definition) is 0. The summed E-state index contributed by atoms with van der Waals surface area (Å²) in [5.41, 5.74) is 3.22. The highest BCUT2D eigenvalue weighted by atomic mass is 32.2. The van der Waals surface area contributed by atoms with E-state index < -0.39 is 21.9 Å². The van der Waals surface area contributed by atoms with Crippen LogP contribution >= 0.6 is 11.3 Å². The Bertz CT molecular complexity index is 1670. The predicted octanol–water partition coefficient (Wildman–Crippen LogP) is 3.91. The van der Waals surface area contributed by atoms with Gasteiger partial charge in [0.2, 0.25) is 0 Å². The van der Waals surface area contributed by atoms with Gasteiger partial charge in [-0.15, -0.1) is 0 Å². The third-order valence-electron chi connectivity index (χ3n) is 6.18. The molecule has 0 saturated carbocycles. The molecule has 10 heteroatoms. The highest BCUT2D eigenvalue weighted by Crippen LogP contribution is 2.31. The van der Waals surface area contributed by atoms with Gasteiger partial charge in [0.1, 0.15) is 0 Å². The Hall–Kier alpha value is -3.76. The number of amides is 1. The van der Waals surface area contributed by atoms with Crippen molar-refractivity contribution in [3.8, 4) is 0 Å². The number of benzene rings is 3. The van der Waals surface area contributed by atoms with E-state index in [4.69, 9.17) is 4.74 Å². The maximum Gasteiger partial charge on any atom is 0.337 e. The zero-order valence-corrected chi connectivity index (χ0v) is 21.3. The largest absolute Gasteiger partial charge is 0.465 e. The van der Waals surface area contributed by atoms with Gasteiger partial charge in [-0.25, -0.2) is 13.2 Å². The standard InChI is InChI=1S/C26H23N3O5S2/c1-28-22-14-11-19(25(31)34-2)16-23(22)35-26(28)27-24(30)18-9-12-20(13-10-18)36(32,33)29-15-5-7-17-6-3-4-8-21(17)29/h3-4,6,8-14,16H,5,7,15H2,1-2H3. The van der Waals surface area contributed by atoms with E-state index in [-0.39, 0.29) is 10.5 Å². The Balaban J connectivity index is 1.43. The molecule has 0 atom stereocenters. The van der Waals surface area contributed by atoms with Crippen LogP contribution in [-0.4, -0.2) is 38.5 Å². The number of sulfonamides is 1. The van der Waals surface area contributed by atoms with Crippen LogP contribution in [0.4, 0.5) is 5.69 Å². The maximum absolute atomic E-state index is 13.3. The number of nitrogens with zero attached hydrogens (tertiary/aromatic N) is 3. The van der Waals surface area contributed by atoms with Gasteiger partial charge in [0.05, 0.1) is 33.5 Å². The average molecular weight is 522 g/mol. The van der Waals surface area contributed by atoms with E-state index in [9.17, 15) is 18.0 Å². The van der Waals surface area contributed by atoms with Crippen molar-refractivity contribution in [3.63, 3.8) is 0 Å². The molecular formula is C26H23N3O5S2. The number of para-hydroxylation sites is 1. The zero-order chi connectivity index (χ0) is 25.4. The molecular weight excluding hydrogens is 498 g/mol. The average Bonchev–Trinajstić information content (AvgIpc) is 3.21. The Morgan fingerprint density at radius 1 is 1.00 bits per heavy atom. The van der Waals surface area contributed by atoms with Crippen LogP contribution in [0.1, 0.15) is 32.7 Å². The first-order valence-corrected chi connectivity index (χ1v) is 13.5. The Morgan fingerprint density at radius 2 is 1.72 bits per heavy atom. The number of aromatic nitrogens is 1. The molecule has 0 aliphatic carbocycles. The monoisotopic (exact) mass is 521 g/mol. The van der Waals surface area contributed by atoms with Crippen molar-refractivity contribution in [2.45, 2.75) is 17.7 Å². The van der Waals surface area contributed by atoms with Crippen LogP contribution in [0, 0.1) is 0 Å². The van der Waals surface area contributed by atoms with Gasteiger partial charge in [0.25, 0.3) is 15.9 Å². The summed E-state index contributed by atoms with van der Waals surface area (Å²) in [5, 5.41) is 0. The molecule has 2 heterocycles. The van der Waals surface area contributed by atoms with Crippen molar-refractivity contribution in [1.29, 1.82) is 0 Å². The molecule has 1 aliphatic heterocycles. The molecule has 0 unspecified atom stereocenters. The van der Waals surface area contributed by atoms with Crippen LogP contribution in [0.15, 0.2) is 76.6 Å². The van der Waals surface area contributed by atoms with E-state index in [0.29, 0.717) is 22.6 Å². The van der Waals surface area contributed by atoms with Gasteiger partial charge in [-0.1, -0.05) is 29.5 Å². The lowest BCUT2D eigenvalue weighted by atomic mass is 10.0. The molecule has 184 valence electrons. The molecule has 0 spiro atoms. The second-order valence-electron chi connectivity index (χ2n) is 8.37. The van der Waals surface area contributed by atoms with Gasteiger partial charge >= 0.3 is 5.97 Å². The number of hydrogen-bond acceptors (Lipinski definition) is 6. The van der Waals surface area contributed by atoms with Gasteiger partial charge in [-0.2, -0.15) is 4.99 Å². The second-order valence-corrected chi connectivity index (χ2v) is 11.2. The predicted molar refractivity (Wildman–Crippen MR) is 138 cm³/mol. The summed E-state index contributed by atoms with van der Waals surface area (Å²) in [4.78, 5) is 29.5. The summed E-state index contributed by atoms with van der Waals surface area (Å²) in [7, 11) is -0.654. The number of aryl methyl sites for hydroxylation is 2. The van der Waals surface area contributed by atoms with Crippen molar-refractivity contribution in [3.05, 3.63) is 88.2 Å². The zero-order valence-electron chi connectivity index (χ0n) is 19.7. The van der Waals surface area contributed by atoms with Crippen molar-refractivity contribution < 1.29 is 22.7 Å². The molecule has 5 rings (SSSR count). The Morgan fingerprint density at radius 3 is 2.47 bits per heavy atom. The number of carbonyl (C=O) groups is 2. The lowest BCUT2D eigenvalue weighted by Gasteiger charge is -2.30. The van der Waals surface area contributed by atoms with Gasteiger partial charge in [-0.3, -0.25) is 9.10 Å². The van der Waals surface area contributed by atoms with Crippen LogP contribution in [0.25, 0.3) is 10.2 Å². The first-order chi connectivity index (χ1) is 17.3. The minimum absolute atomic E-state index is 0.124. The Labute approximate surface area is 212 Å². The first-order valence-electron chi connectivity index (χ1n) is 11.3.